The Labute approximate surface area is 68.8 Å². The highest BCUT2D eigenvalue weighted by molar-refractivity contribution is 7.13. The van der Waals surface area contributed by atoms with Gasteiger partial charge in [-0.25, -0.2) is 0 Å². The van der Waals surface area contributed by atoms with Gasteiger partial charge in [-0.3, -0.25) is 0 Å². The fourth-order valence-electron chi connectivity index (χ4n) is 1.13. The molecule has 0 aliphatic rings. The molecule has 0 saturated carbocycles. The lowest BCUT2D eigenvalue weighted by Crippen LogP contribution is -1.95. The van der Waals surface area contributed by atoms with Gasteiger partial charge in [-0.05, 0) is 23.2 Å². The Hall–Kier alpha value is -0.930. The molecule has 0 radical (unpaired) electrons. The topological polar surface area (TPSA) is 38.9 Å². The molecule has 0 spiro atoms. The molecule has 3 heteroatoms. The van der Waals surface area contributed by atoms with E-state index in [4.69, 9.17) is 5.73 Å². The molecule has 1 aromatic heterocycles. The van der Waals surface area contributed by atoms with Gasteiger partial charge in [0.25, 0.3) is 0 Å². The largest absolute Gasteiger partial charge is 0.326 e. The highest BCUT2D eigenvalue weighted by atomic mass is 32.1. The van der Waals surface area contributed by atoms with E-state index in [1.54, 1.807) is 0 Å². The number of fused-ring (bicyclic) bond motifs is 1. The van der Waals surface area contributed by atoms with Crippen LogP contribution in [0.15, 0.2) is 24.4 Å². The highest BCUT2D eigenvalue weighted by Crippen LogP contribution is 2.20. The molecule has 0 aliphatic carbocycles. The molecule has 1 aromatic carbocycles. The fourth-order valence-corrected chi connectivity index (χ4v) is 1.82. The Morgan fingerprint density at radius 2 is 2.36 bits per heavy atom. The van der Waals surface area contributed by atoms with Crippen LogP contribution >= 0.6 is 11.5 Å². The van der Waals surface area contributed by atoms with Crippen LogP contribution in [0.25, 0.3) is 10.1 Å². The van der Waals surface area contributed by atoms with Gasteiger partial charge in [0.15, 0.2) is 0 Å². The maximum atomic E-state index is 5.55. The molecule has 2 aromatic rings. The van der Waals surface area contributed by atoms with Crippen LogP contribution in [0.3, 0.4) is 0 Å². The van der Waals surface area contributed by atoms with Gasteiger partial charge < -0.3 is 5.73 Å². The Morgan fingerprint density at radius 1 is 1.45 bits per heavy atom. The van der Waals surface area contributed by atoms with Crippen LogP contribution < -0.4 is 5.73 Å². The maximum absolute atomic E-state index is 5.55. The maximum Gasteiger partial charge on any atom is 0.0553 e. The van der Waals surface area contributed by atoms with Crippen molar-refractivity contribution in [1.29, 1.82) is 0 Å². The SMILES string of the molecule is NCc1cccc2sncc12. The molecule has 0 saturated heterocycles. The third kappa shape index (κ3) is 1.02. The minimum absolute atomic E-state index is 0.593. The molecule has 11 heavy (non-hydrogen) atoms. The number of nitrogens with two attached hydrogens (primary N) is 1. The summed E-state index contributed by atoms with van der Waals surface area (Å²) < 4.78 is 5.31. The second kappa shape index (κ2) is 2.60. The number of hydrogen-bond acceptors (Lipinski definition) is 3. The molecular formula is C8H8N2S. The number of nitrogens with zero attached hydrogens (tertiary/aromatic N) is 1. The molecule has 0 atom stereocenters. The summed E-state index contributed by atoms with van der Waals surface area (Å²) in [4.78, 5) is 0. The lowest BCUT2D eigenvalue weighted by Gasteiger charge is -1.95. The summed E-state index contributed by atoms with van der Waals surface area (Å²) in [5.74, 6) is 0. The van der Waals surface area contributed by atoms with E-state index in [-0.39, 0.29) is 0 Å². The molecule has 0 bridgehead atoms. The summed E-state index contributed by atoms with van der Waals surface area (Å²) in [6.07, 6.45) is 1.88. The minimum atomic E-state index is 0.593. The average Bonchev–Trinajstić information content (AvgIpc) is 2.50. The average molecular weight is 164 g/mol. The third-order valence-electron chi connectivity index (χ3n) is 1.71. The van der Waals surface area contributed by atoms with Gasteiger partial charge in [0, 0.05) is 18.1 Å². The van der Waals surface area contributed by atoms with Crippen molar-refractivity contribution >= 4 is 21.6 Å². The number of benzene rings is 1. The first-order chi connectivity index (χ1) is 5.42. The normalized spacial score (nSPS) is 10.6. The van der Waals surface area contributed by atoms with Crippen molar-refractivity contribution < 1.29 is 0 Å². The Morgan fingerprint density at radius 3 is 3.18 bits per heavy atom. The molecule has 1 heterocycles. The second-order valence-corrected chi connectivity index (χ2v) is 3.19. The van der Waals surface area contributed by atoms with Gasteiger partial charge >= 0.3 is 0 Å². The van der Waals surface area contributed by atoms with Crippen molar-refractivity contribution in [2.45, 2.75) is 6.54 Å². The Balaban J connectivity index is 2.79. The van der Waals surface area contributed by atoms with Crippen LogP contribution in [0.5, 0.6) is 0 Å². The molecule has 2 nitrogen and oxygen atoms in total. The van der Waals surface area contributed by atoms with Gasteiger partial charge in [0.2, 0.25) is 0 Å². The van der Waals surface area contributed by atoms with E-state index in [0.29, 0.717) is 6.54 Å². The molecular weight excluding hydrogens is 156 g/mol. The van der Waals surface area contributed by atoms with Crippen LogP contribution in [0.4, 0.5) is 0 Å². The second-order valence-electron chi connectivity index (χ2n) is 2.36. The quantitative estimate of drug-likeness (QED) is 0.697. The van der Waals surface area contributed by atoms with Gasteiger partial charge in [-0.2, -0.15) is 4.37 Å². The fraction of sp³-hybridized carbons (Fsp3) is 0.125. The molecule has 0 fully saturated rings. The summed E-state index contributed by atoms with van der Waals surface area (Å²) >= 11 is 1.51. The minimum Gasteiger partial charge on any atom is -0.326 e. The van der Waals surface area contributed by atoms with Crippen molar-refractivity contribution in [3.05, 3.63) is 30.0 Å². The first-order valence-corrected chi connectivity index (χ1v) is 4.21. The van der Waals surface area contributed by atoms with E-state index < -0.39 is 0 Å². The van der Waals surface area contributed by atoms with Crippen molar-refractivity contribution in [3.63, 3.8) is 0 Å². The Bertz CT molecular complexity index is 367. The lowest BCUT2D eigenvalue weighted by atomic mass is 10.1. The van der Waals surface area contributed by atoms with Crippen LogP contribution in [0.1, 0.15) is 5.56 Å². The van der Waals surface area contributed by atoms with Crippen molar-refractivity contribution in [2.75, 3.05) is 0 Å². The smallest absolute Gasteiger partial charge is 0.0553 e. The molecule has 0 unspecified atom stereocenters. The van der Waals surface area contributed by atoms with Crippen LogP contribution in [0, 0.1) is 0 Å². The first kappa shape index (κ1) is 6.76. The van der Waals surface area contributed by atoms with Gasteiger partial charge in [-0.15, -0.1) is 0 Å². The molecule has 2 rings (SSSR count). The van der Waals surface area contributed by atoms with Crippen LogP contribution in [-0.2, 0) is 6.54 Å². The molecule has 0 amide bonds. The number of rotatable bonds is 1. The van der Waals surface area contributed by atoms with E-state index in [1.165, 1.54) is 27.2 Å². The summed E-state index contributed by atoms with van der Waals surface area (Å²) in [5, 5.41) is 1.19. The summed E-state index contributed by atoms with van der Waals surface area (Å²) in [7, 11) is 0. The predicted molar refractivity (Wildman–Crippen MR) is 47.5 cm³/mol. The lowest BCUT2D eigenvalue weighted by molar-refractivity contribution is 1.09. The van der Waals surface area contributed by atoms with Crippen LogP contribution in [0.2, 0.25) is 0 Å². The van der Waals surface area contributed by atoms with Gasteiger partial charge in [0.05, 0.1) is 4.70 Å². The van der Waals surface area contributed by atoms with E-state index in [1.807, 2.05) is 18.3 Å². The predicted octanol–water partition coefficient (Wildman–Crippen LogP) is 1.75. The van der Waals surface area contributed by atoms with E-state index >= 15 is 0 Å². The summed E-state index contributed by atoms with van der Waals surface area (Å²) in [6.45, 7) is 0.593. The van der Waals surface area contributed by atoms with Crippen molar-refractivity contribution in [1.82, 2.24) is 4.37 Å². The molecule has 56 valence electrons. The monoisotopic (exact) mass is 164 g/mol. The number of aromatic nitrogens is 1. The first-order valence-electron chi connectivity index (χ1n) is 3.44. The standard InChI is InChI=1S/C8H8N2S/c9-4-6-2-1-3-8-7(6)5-10-11-8/h1-3,5H,4,9H2. The zero-order valence-electron chi connectivity index (χ0n) is 5.95. The summed E-state index contributed by atoms with van der Waals surface area (Å²) in [5.41, 5.74) is 6.73. The third-order valence-corrected chi connectivity index (χ3v) is 2.47. The van der Waals surface area contributed by atoms with E-state index in [2.05, 4.69) is 10.4 Å². The van der Waals surface area contributed by atoms with Gasteiger partial charge in [-0.1, -0.05) is 12.1 Å². The molecule has 2 N–H and O–H groups in total. The van der Waals surface area contributed by atoms with E-state index in [0.717, 1.165) is 0 Å². The number of hydrogen-bond donors (Lipinski definition) is 1. The highest BCUT2D eigenvalue weighted by Gasteiger charge is 1.99. The van der Waals surface area contributed by atoms with E-state index in [9.17, 15) is 0 Å². The van der Waals surface area contributed by atoms with Crippen molar-refractivity contribution in [3.8, 4) is 0 Å². The zero-order chi connectivity index (χ0) is 7.68. The Kier molecular flexibility index (Phi) is 1.60. The summed E-state index contributed by atoms with van der Waals surface area (Å²) in [6, 6.07) is 6.12. The van der Waals surface area contributed by atoms with Crippen LogP contribution in [-0.4, -0.2) is 4.37 Å². The zero-order valence-corrected chi connectivity index (χ0v) is 6.77. The van der Waals surface area contributed by atoms with Gasteiger partial charge in [0.1, 0.15) is 0 Å². The molecule has 0 aliphatic heterocycles. The van der Waals surface area contributed by atoms with Crippen molar-refractivity contribution in [2.24, 2.45) is 5.73 Å².